The fraction of sp³-hybridized carbons (Fsp3) is 0.167. The van der Waals surface area contributed by atoms with Crippen LogP contribution in [-0.2, 0) is 0 Å². The van der Waals surface area contributed by atoms with E-state index >= 15 is 0 Å². The molecule has 0 aliphatic rings. The summed E-state index contributed by atoms with van der Waals surface area (Å²) in [6.45, 7) is 0. The summed E-state index contributed by atoms with van der Waals surface area (Å²) < 4.78 is 24.5. The molecule has 0 amide bonds. The molecule has 0 aliphatic heterocycles. The maximum absolute atomic E-state index is 12.3. The highest BCUT2D eigenvalue weighted by atomic mass is 79.9. The van der Waals surface area contributed by atoms with Crippen LogP contribution in [0.4, 0.5) is 8.78 Å². The maximum atomic E-state index is 12.3. The Morgan fingerprint density at radius 1 is 1.42 bits per heavy atom. The fourth-order valence-corrected chi connectivity index (χ4v) is 1.86. The number of pyridine rings is 1. The molecule has 1 aromatic rings. The van der Waals surface area contributed by atoms with E-state index in [9.17, 15) is 8.78 Å². The summed E-state index contributed by atoms with van der Waals surface area (Å²) >= 11 is 5.68. The third-order valence-electron chi connectivity index (χ3n) is 1.20. The predicted octanol–water partition coefficient (Wildman–Crippen LogP) is 3.25. The molecule has 1 rings (SSSR count). The molecule has 0 spiro atoms. The largest absolute Gasteiger partial charge is 0.505 e. The monoisotopic (exact) mass is 301 g/mol. The summed E-state index contributed by atoms with van der Waals surface area (Å²) in [6.07, 6.45) is -1.59. The number of aromatic hydroxyl groups is 1. The molecule has 0 bridgehead atoms. The quantitative estimate of drug-likeness (QED) is 0.808. The Bertz CT molecular complexity index is 306. The minimum absolute atomic E-state index is 0.0284. The first kappa shape index (κ1) is 9.85. The van der Waals surface area contributed by atoms with Gasteiger partial charge in [0.25, 0.3) is 6.43 Å². The smallest absolute Gasteiger partial charge is 0.267 e. The lowest BCUT2D eigenvalue weighted by Gasteiger charge is -2.05. The standard InChI is InChI=1S/C6H3Br2F2NO/c7-4-2(12)1-11-5(8)3(4)6(9)10/h1,6,12H. The molecule has 1 aromatic heterocycles. The highest BCUT2D eigenvalue weighted by Gasteiger charge is 2.19. The summed E-state index contributed by atoms with van der Waals surface area (Å²) in [4.78, 5) is 3.52. The molecule has 12 heavy (non-hydrogen) atoms. The molecule has 0 aromatic carbocycles. The Morgan fingerprint density at radius 3 is 2.42 bits per heavy atom. The molecular formula is C6H3Br2F2NO. The average Bonchev–Trinajstić information content (AvgIpc) is 1.97. The lowest BCUT2D eigenvalue weighted by Crippen LogP contribution is -1.91. The number of aromatic nitrogens is 1. The number of nitrogens with zero attached hydrogens (tertiary/aromatic N) is 1. The van der Waals surface area contributed by atoms with Gasteiger partial charge in [-0.05, 0) is 31.9 Å². The summed E-state index contributed by atoms with van der Waals surface area (Å²) in [5, 5.41) is 9.01. The Hall–Kier alpha value is -0.230. The fourth-order valence-electron chi connectivity index (χ4n) is 0.658. The summed E-state index contributed by atoms with van der Waals surface area (Å²) in [7, 11) is 0. The third kappa shape index (κ3) is 1.74. The second-order valence-electron chi connectivity index (χ2n) is 1.96. The van der Waals surface area contributed by atoms with Crippen LogP contribution in [0.25, 0.3) is 0 Å². The summed E-state index contributed by atoms with van der Waals surface area (Å²) in [5.74, 6) is -0.298. The molecule has 0 unspecified atom stereocenters. The van der Waals surface area contributed by atoms with Gasteiger partial charge in [-0.25, -0.2) is 13.8 Å². The van der Waals surface area contributed by atoms with E-state index in [2.05, 4.69) is 36.8 Å². The Labute approximate surface area is 83.9 Å². The molecule has 0 fully saturated rings. The van der Waals surface area contributed by atoms with Crippen molar-refractivity contribution < 1.29 is 13.9 Å². The van der Waals surface area contributed by atoms with Crippen molar-refractivity contribution in [1.29, 1.82) is 0 Å². The SMILES string of the molecule is Oc1cnc(Br)c(C(F)F)c1Br. The molecule has 0 saturated carbocycles. The van der Waals surface area contributed by atoms with Crippen molar-refractivity contribution in [3.63, 3.8) is 0 Å². The molecule has 1 N–H and O–H groups in total. The van der Waals surface area contributed by atoms with Crippen molar-refractivity contribution in [3.05, 3.63) is 20.8 Å². The third-order valence-corrected chi connectivity index (χ3v) is 2.67. The number of hydrogen-bond donors (Lipinski definition) is 1. The van der Waals surface area contributed by atoms with Crippen molar-refractivity contribution in [2.24, 2.45) is 0 Å². The molecule has 6 heteroatoms. The molecule has 0 aliphatic carbocycles. The first-order chi connectivity index (χ1) is 5.54. The topological polar surface area (TPSA) is 33.1 Å². The van der Waals surface area contributed by atoms with Gasteiger partial charge in [-0.2, -0.15) is 0 Å². The van der Waals surface area contributed by atoms with Crippen LogP contribution >= 0.6 is 31.9 Å². The van der Waals surface area contributed by atoms with Gasteiger partial charge in [0.2, 0.25) is 0 Å². The van der Waals surface area contributed by atoms with E-state index in [0.717, 1.165) is 6.20 Å². The summed E-state index contributed by atoms with van der Waals surface area (Å²) in [5.41, 5.74) is -0.338. The molecule has 1 heterocycles. The van der Waals surface area contributed by atoms with E-state index in [1.54, 1.807) is 0 Å². The van der Waals surface area contributed by atoms with Gasteiger partial charge in [0.15, 0.2) is 0 Å². The summed E-state index contributed by atoms with van der Waals surface area (Å²) in [6, 6.07) is 0. The van der Waals surface area contributed by atoms with Crippen molar-refractivity contribution in [3.8, 4) is 5.75 Å². The van der Waals surface area contributed by atoms with E-state index in [1.807, 2.05) is 0 Å². The van der Waals surface area contributed by atoms with Gasteiger partial charge < -0.3 is 5.11 Å². The molecule has 0 atom stereocenters. The molecule has 66 valence electrons. The van der Waals surface area contributed by atoms with Crippen molar-refractivity contribution in [2.75, 3.05) is 0 Å². The van der Waals surface area contributed by atoms with E-state index in [-0.39, 0.29) is 20.4 Å². The number of hydrogen-bond acceptors (Lipinski definition) is 2. The zero-order valence-corrected chi connectivity index (χ0v) is 8.73. The van der Waals surface area contributed by atoms with Crippen LogP contribution < -0.4 is 0 Å². The van der Waals surface area contributed by atoms with Crippen LogP contribution in [0.3, 0.4) is 0 Å². The first-order valence-corrected chi connectivity index (χ1v) is 4.43. The van der Waals surface area contributed by atoms with Gasteiger partial charge in [-0.15, -0.1) is 0 Å². The number of halogens is 4. The van der Waals surface area contributed by atoms with Crippen LogP contribution in [-0.4, -0.2) is 10.1 Å². The zero-order chi connectivity index (χ0) is 9.30. The number of alkyl halides is 2. The van der Waals surface area contributed by atoms with Crippen LogP contribution in [0, 0.1) is 0 Å². The van der Waals surface area contributed by atoms with Crippen molar-refractivity contribution in [1.82, 2.24) is 4.98 Å². The maximum Gasteiger partial charge on any atom is 0.267 e. The van der Waals surface area contributed by atoms with Crippen LogP contribution in [0.2, 0.25) is 0 Å². The predicted molar refractivity (Wildman–Crippen MR) is 46.3 cm³/mol. The molecule has 2 nitrogen and oxygen atoms in total. The molecule has 0 saturated heterocycles. The highest BCUT2D eigenvalue weighted by Crippen LogP contribution is 2.37. The average molecular weight is 303 g/mol. The van der Waals surface area contributed by atoms with Gasteiger partial charge >= 0.3 is 0 Å². The zero-order valence-electron chi connectivity index (χ0n) is 5.56. The molecule has 0 radical (unpaired) electrons. The van der Waals surface area contributed by atoms with Crippen LogP contribution in [0.1, 0.15) is 12.0 Å². The normalized spacial score (nSPS) is 10.8. The number of rotatable bonds is 1. The van der Waals surface area contributed by atoms with Gasteiger partial charge in [0.1, 0.15) is 10.4 Å². The first-order valence-electron chi connectivity index (χ1n) is 2.85. The van der Waals surface area contributed by atoms with Gasteiger partial charge in [0, 0.05) is 0 Å². The Balaban J connectivity index is 3.33. The Morgan fingerprint density at radius 2 is 2.00 bits per heavy atom. The van der Waals surface area contributed by atoms with E-state index in [1.165, 1.54) is 0 Å². The second kappa shape index (κ2) is 3.66. The van der Waals surface area contributed by atoms with Crippen LogP contribution in [0.5, 0.6) is 5.75 Å². The minimum atomic E-state index is -2.67. The van der Waals surface area contributed by atoms with Crippen molar-refractivity contribution in [2.45, 2.75) is 6.43 Å². The van der Waals surface area contributed by atoms with E-state index < -0.39 is 6.43 Å². The minimum Gasteiger partial charge on any atom is -0.505 e. The van der Waals surface area contributed by atoms with E-state index in [0.29, 0.717) is 0 Å². The van der Waals surface area contributed by atoms with E-state index in [4.69, 9.17) is 5.11 Å². The van der Waals surface area contributed by atoms with Gasteiger partial charge in [0.05, 0.1) is 16.2 Å². The van der Waals surface area contributed by atoms with Gasteiger partial charge in [-0.1, -0.05) is 0 Å². The lowest BCUT2D eigenvalue weighted by molar-refractivity contribution is 0.148. The second-order valence-corrected chi connectivity index (χ2v) is 3.51. The van der Waals surface area contributed by atoms with Crippen LogP contribution in [0.15, 0.2) is 15.3 Å². The molecular weight excluding hydrogens is 300 g/mol. The Kier molecular flexibility index (Phi) is 3.00. The highest BCUT2D eigenvalue weighted by molar-refractivity contribution is 9.11. The van der Waals surface area contributed by atoms with Crippen molar-refractivity contribution >= 4 is 31.9 Å². The lowest BCUT2D eigenvalue weighted by atomic mass is 10.3. The van der Waals surface area contributed by atoms with Gasteiger partial charge in [-0.3, -0.25) is 0 Å².